The molecule has 8 heteroatoms. The summed E-state index contributed by atoms with van der Waals surface area (Å²) in [6.45, 7) is 1.95. The fourth-order valence-corrected chi connectivity index (χ4v) is 3.30. The number of carbonyl (C=O) groups excluding carboxylic acids is 1. The van der Waals surface area contributed by atoms with E-state index < -0.39 is 5.97 Å². The van der Waals surface area contributed by atoms with Gasteiger partial charge in [0.15, 0.2) is 11.5 Å². The van der Waals surface area contributed by atoms with E-state index in [9.17, 15) is 4.79 Å². The van der Waals surface area contributed by atoms with Gasteiger partial charge in [0.2, 0.25) is 5.75 Å². The quantitative estimate of drug-likeness (QED) is 0.695. The summed E-state index contributed by atoms with van der Waals surface area (Å²) in [4.78, 5) is 12.2. The van der Waals surface area contributed by atoms with Crippen LogP contribution in [0.5, 0.6) is 17.2 Å². The van der Waals surface area contributed by atoms with Crippen LogP contribution in [0.3, 0.4) is 0 Å². The highest BCUT2D eigenvalue weighted by atomic mass is 35.5. The minimum Gasteiger partial charge on any atom is -0.493 e. The number of esters is 1. The Kier molecular flexibility index (Phi) is 6.08. The summed E-state index contributed by atoms with van der Waals surface area (Å²) in [7, 11) is 6.16. The highest BCUT2D eigenvalue weighted by molar-refractivity contribution is 6.41. The summed E-state index contributed by atoms with van der Waals surface area (Å²) in [6.07, 6.45) is 0. The van der Waals surface area contributed by atoms with Crippen LogP contribution in [0.1, 0.15) is 17.4 Å². The molecule has 25 heavy (non-hydrogen) atoms. The summed E-state index contributed by atoms with van der Waals surface area (Å²) in [5.74, 6) is 0.738. The minimum atomic E-state index is -0.553. The van der Waals surface area contributed by atoms with Gasteiger partial charge >= 0.3 is 5.97 Å². The van der Waals surface area contributed by atoms with Crippen LogP contribution in [-0.4, -0.2) is 38.5 Å². The van der Waals surface area contributed by atoms with Crippen LogP contribution in [0, 0.1) is 0 Å². The predicted molar refractivity (Wildman–Crippen MR) is 96.5 cm³/mol. The van der Waals surface area contributed by atoms with Crippen molar-refractivity contribution in [3.05, 3.63) is 28.0 Å². The van der Waals surface area contributed by atoms with Gasteiger partial charge in [-0.05, 0) is 19.1 Å². The lowest BCUT2D eigenvalue weighted by atomic mass is 10.1. The maximum Gasteiger partial charge on any atom is 0.356 e. The Labute approximate surface area is 156 Å². The van der Waals surface area contributed by atoms with E-state index in [2.05, 4.69) is 0 Å². The zero-order valence-corrected chi connectivity index (χ0v) is 16.1. The standard InChI is InChI=1S/C17H19Cl2NO5/c1-6-25-17(21)13-12(18)11(16(19)20(13)2)9-7-8-10(22-3)15(24-5)14(9)23-4/h7-8H,6H2,1-5H3. The molecule has 0 aliphatic rings. The number of methoxy groups -OCH3 is 3. The molecule has 0 saturated carbocycles. The van der Waals surface area contributed by atoms with E-state index in [4.69, 9.17) is 42.1 Å². The Morgan fingerprint density at radius 2 is 1.72 bits per heavy atom. The molecule has 1 aromatic heterocycles. The maximum atomic E-state index is 12.2. The molecular weight excluding hydrogens is 369 g/mol. The minimum absolute atomic E-state index is 0.167. The number of nitrogens with zero attached hydrogens (tertiary/aromatic N) is 1. The van der Waals surface area contributed by atoms with E-state index in [1.165, 1.54) is 25.9 Å². The van der Waals surface area contributed by atoms with Crippen LogP contribution in [0.15, 0.2) is 12.1 Å². The number of benzene rings is 1. The van der Waals surface area contributed by atoms with Gasteiger partial charge in [0.25, 0.3) is 0 Å². The lowest BCUT2D eigenvalue weighted by molar-refractivity contribution is 0.0515. The molecule has 6 nitrogen and oxygen atoms in total. The van der Waals surface area contributed by atoms with Crippen molar-refractivity contribution in [2.45, 2.75) is 6.92 Å². The van der Waals surface area contributed by atoms with Crippen LogP contribution in [0.2, 0.25) is 10.2 Å². The Hall–Kier alpha value is -2.05. The Bertz CT molecular complexity index is 801. The van der Waals surface area contributed by atoms with Crippen molar-refractivity contribution in [3.63, 3.8) is 0 Å². The molecule has 0 spiro atoms. The zero-order chi connectivity index (χ0) is 18.7. The molecule has 0 radical (unpaired) electrons. The van der Waals surface area contributed by atoms with E-state index in [0.717, 1.165) is 0 Å². The monoisotopic (exact) mass is 387 g/mol. The second kappa shape index (κ2) is 7.89. The highest BCUT2D eigenvalue weighted by Crippen LogP contribution is 2.49. The van der Waals surface area contributed by atoms with E-state index >= 15 is 0 Å². The molecule has 0 fully saturated rings. The SMILES string of the molecule is CCOC(=O)c1c(Cl)c(-c2ccc(OC)c(OC)c2OC)c(Cl)n1C. The van der Waals surface area contributed by atoms with Crippen LogP contribution >= 0.6 is 23.2 Å². The van der Waals surface area contributed by atoms with Crippen LogP contribution in [0.25, 0.3) is 11.1 Å². The van der Waals surface area contributed by atoms with Crippen LogP contribution in [0.4, 0.5) is 0 Å². The van der Waals surface area contributed by atoms with E-state index in [0.29, 0.717) is 28.4 Å². The fraction of sp³-hybridized carbons (Fsp3) is 0.353. The molecule has 1 heterocycles. The lowest BCUT2D eigenvalue weighted by Gasteiger charge is -2.15. The Balaban J connectivity index is 2.76. The molecule has 2 aromatic rings. The molecule has 0 N–H and O–H groups in total. The topological polar surface area (TPSA) is 58.9 Å². The largest absolute Gasteiger partial charge is 0.493 e. The van der Waals surface area contributed by atoms with E-state index in [1.807, 2.05) is 0 Å². The number of ether oxygens (including phenoxy) is 4. The molecule has 0 aliphatic heterocycles. The number of carbonyl (C=O) groups is 1. The van der Waals surface area contributed by atoms with Gasteiger partial charge in [0.1, 0.15) is 10.8 Å². The zero-order valence-electron chi connectivity index (χ0n) is 14.6. The third-order valence-electron chi connectivity index (χ3n) is 3.71. The molecule has 0 bridgehead atoms. The van der Waals surface area contributed by atoms with Gasteiger partial charge in [0.05, 0.1) is 33.0 Å². The summed E-state index contributed by atoms with van der Waals surface area (Å²) in [6, 6.07) is 3.45. The first-order valence-electron chi connectivity index (χ1n) is 7.42. The van der Waals surface area contributed by atoms with E-state index in [1.54, 1.807) is 26.1 Å². The van der Waals surface area contributed by atoms with Crippen molar-refractivity contribution < 1.29 is 23.7 Å². The molecule has 1 aromatic carbocycles. The third-order valence-corrected chi connectivity index (χ3v) is 4.52. The second-order valence-electron chi connectivity index (χ2n) is 4.99. The van der Waals surface area contributed by atoms with Gasteiger partial charge in [-0.1, -0.05) is 23.2 Å². The molecule has 0 unspecified atom stereocenters. The first-order valence-corrected chi connectivity index (χ1v) is 8.18. The number of aromatic nitrogens is 1. The second-order valence-corrected chi connectivity index (χ2v) is 5.73. The highest BCUT2D eigenvalue weighted by Gasteiger charge is 2.29. The van der Waals surface area contributed by atoms with Gasteiger partial charge in [-0.2, -0.15) is 0 Å². The number of hydrogen-bond acceptors (Lipinski definition) is 5. The first kappa shape index (κ1) is 19.3. The Morgan fingerprint density at radius 1 is 1.08 bits per heavy atom. The van der Waals surface area contributed by atoms with Crippen molar-refractivity contribution in [2.24, 2.45) is 7.05 Å². The maximum absolute atomic E-state index is 12.2. The molecular formula is C17H19Cl2NO5. The van der Waals surface area contributed by atoms with Gasteiger partial charge in [-0.25, -0.2) is 4.79 Å². The smallest absolute Gasteiger partial charge is 0.356 e. The number of hydrogen-bond donors (Lipinski definition) is 0. The van der Waals surface area contributed by atoms with Crippen molar-refractivity contribution in [1.29, 1.82) is 0 Å². The van der Waals surface area contributed by atoms with Crippen LogP contribution < -0.4 is 14.2 Å². The predicted octanol–water partition coefficient (Wildman–Crippen LogP) is 4.20. The number of halogens is 2. The van der Waals surface area contributed by atoms with Crippen molar-refractivity contribution >= 4 is 29.2 Å². The van der Waals surface area contributed by atoms with Gasteiger partial charge in [0, 0.05) is 18.2 Å². The molecule has 0 atom stereocenters. The van der Waals surface area contributed by atoms with E-state index in [-0.39, 0.29) is 22.5 Å². The molecule has 2 rings (SSSR count). The average molecular weight is 388 g/mol. The van der Waals surface area contributed by atoms with Crippen molar-refractivity contribution in [3.8, 4) is 28.4 Å². The normalized spacial score (nSPS) is 10.5. The lowest BCUT2D eigenvalue weighted by Crippen LogP contribution is -2.10. The molecule has 0 aliphatic carbocycles. The summed E-state index contributed by atoms with van der Waals surface area (Å²) < 4.78 is 22.7. The van der Waals surface area contributed by atoms with Crippen molar-refractivity contribution in [1.82, 2.24) is 4.57 Å². The molecule has 136 valence electrons. The number of rotatable bonds is 6. The average Bonchev–Trinajstić information content (AvgIpc) is 2.82. The summed E-state index contributed by atoms with van der Waals surface area (Å²) in [5.41, 5.74) is 1.19. The van der Waals surface area contributed by atoms with Gasteiger partial charge < -0.3 is 23.5 Å². The van der Waals surface area contributed by atoms with Crippen LogP contribution in [-0.2, 0) is 11.8 Å². The molecule has 0 amide bonds. The van der Waals surface area contributed by atoms with Crippen molar-refractivity contribution in [2.75, 3.05) is 27.9 Å². The summed E-state index contributed by atoms with van der Waals surface area (Å²) in [5, 5.41) is 0.454. The third kappa shape index (κ3) is 3.24. The summed E-state index contributed by atoms with van der Waals surface area (Å²) >= 11 is 12.9. The Morgan fingerprint density at radius 3 is 2.24 bits per heavy atom. The first-order chi connectivity index (χ1) is 11.9. The van der Waals surface area contributed by atoms with Gasteiger partial charge in [-0.3, -0.25) is 0 Å². The molecule has 0 saturated heterocycles. The fourth-order valence-electron chi connectivity index (χ4n) is 2.58. The van der Waals surface area contributed by atoms with Gasteiger partial charge in [-0.15, -0.1) is 0 Å².